The smallest absolute Gasteiger partial charge is 0.326 e. The molecule has 20 heavy (non-hydrogen) atoms. The van der Waals surface area contributed by atoms with Gasteiger partial charge in [0.2, 0.25) is 0 Å². The van der Waals surface area contributed by atoms with Gasteiger partial charge in [0, 0.05) is 20.1 Å². The zero-order chi connectivity index (χ0) is 15.0. The number of carbonyl (C=O) groups excluding carboxylic acids is 1. The van der Waals surface area contributed by atoms with Gasteiger partial charge < -0.3 is 14.2 Å². The molecule has 0 aliphatic rings. The lowest BCUT2D eigenvalue weighted by atomic mass is 9.92. The lowest BCUT2D eigenvalue weighted by molar-refractivity contribution is -0.148. The number of hydrogen-bond donors (Lipinski definition) is 1. The van der Waals surface area contributed by atoms with Crippen LogP contribution in [0.4, 0.5) is 0 Å². The Labute approximate surface area is 120 Å². The molecule has 0 bridgehead atoms. The Morgan fingerprint density at radius 3 is 2.35 bits per heavy atom. The van der Waals surface area contributed by atoms with E-state index in [4.69, 9.17) is 14.2 Å². The molecule has 112 valence electrons. The van der Waals surface area contributed by atoms with Crippen LogP contribution in [-0.2, 0) is 20.7 Å². The molecule has 0 saturated carbocycles. The van der Waals surface area contributed by atoms with Crippen molar-refractivity contribution in [1.29, 1.82) is 0 Å². The van der Waals surface area contributed by atoms with Crippen molar-refractivity contribution in [2.75, 3.05) is 34.5 Å². The van der Waals surface area contributed by atoms with E-state index in [0.29, 0.717) is 19.6 Å². The van der Waals surface area contributed by atoms with Gasteiger partial charge in [-0.2, -0.15) is 0 Å². The topological polar surface area (TPSA) is 56.8 Å². The van der Waals surface area contributed by atoms with Crippen LogP contribution in [0, 0.1) is 0 Å². The third-order valence-electron chi connectivity index (χ3n) is 3.17. The molecule has 1 N–H and O–H groups in total. The van der Waals surface area contributed by atoms with E-state index >= 15 is 0 Å². The minimum Gasteiger partial charge on any atom is -0.497 e. The van der Waals surface area contributed by atoms with Crippen LogP contribution >= 0.6 is 0 Å². The Bertz CT molecular complexity index is 418. The van der Waals surface area contributed by atoms with Crippen molar-refractivity contribution in [1.82, 2.24) is 5.32 Å². The van der Waals surface area contributed by atoms with Gasteiger partial charge in [-0.3, -0.25) is 10.1 Å². The lowest BCUT2D eigenvalue weighted by Gasteiger charge is -2.28. The number of nitrogens with one attached hydrogen (secondary N) is 1. The van der Waals surface area contributed by atoms with Crippen molar-refractivity contribution >= 4 is 5.97 Å². The van der Waals surface area contributed by atoms with E-state index in [2.05, 4.69) is 5.32 Å². The van der Waals surface area contributed by atoms with Gasteiger partial charge in [-0.15, -0.1) is 0 Å². The maximum absolute atomic E-state index is 12.0. The van der Waals surface area contributed by atoms with Crippen molar-refractivity contribution in [3.8, 4) is 5.75 Å². The van der Waals surface area contributed by atoms with E-state index in [-0.39, 0.29) is 5.97 Å². The monoisotopic (exact) mass is 281 g/mol. The molecule has 0 heterocycles. The molecule has 0 fully saturated rings. The second-order valence-electron chi connectivity index (χ2n) is 4.77. The summed E-state index contributed by atoms with van der Waals surface area (Å²) in [5, 5.41) is 3.19. The summed E-state index contributed by atoms with van der Waals surface area (Å²) in [6.07, 6.45) is 0.535. The summed E-state index contributed by atoms with van der Waals surface area (Å²) in [4.78, 5) is 12.0. The van der Waals surface area contributed by atoms with Gasteiger partial charge in [-0.1, -0.05) is 12.1 Å². The molecule has 5 heteroatoms. The quantitative estimate of drug-likeness (QED) is 0.576. The fourth-order valence-electron chi connectivity index (χ4n) is 2.01. The predicted molar refractivity (Wildman–Crippen MR) is 77.0 cm³/mol. The number of methoxy groups -OCH3 is 3. The molecule has 1 aromatic rings. The van der Waals surface area contributed by atoms with Gasteiger partial charge in [-0.25, -0.2) is 0 Å². The highest BCUT2D eigenvalue weighted by molar-refractivity contribution is 5.80. The summed E-state index contributed by atoms with van der Waals surface area (Å²) in [6, 6.07) is 7.64. The maximum Gasteiger partial charge on any atom is 0.326 e. The molecule has 1 atom stereocenters. The molecular weight excluding hydrogens is 258 g/mol. The normalized spacial score (nSPS) is 13.6. The van der Waals surface area contributed by atoms with Crippen LogP contribution in [0.25, 0.3) is 0 Å². The van der Waals surface area contributed by atoms with Gasteiger partial charge in [0.15, 0.2) is 0 Å². The molecule has 1 aromatic carbocycles. The molecule has 0 amide bonds. The number of rotatable bonds is 8. The van der Waals surface area contributed by atoms with E-state index < -0.39 is 5.54 Å². The molecule has 0 radical (unpaired) electrons. The van der Waals surface area contributed by atoms with Crippen LogP contribution in [0.1, 0.15) is 12.5 Å². The van der Waals surface area contributed by atoms with Crippen molar-refractivity contribution in [2.24, 2.45) is 0 Å². The van der Waals surface area contributed by atoms with Gasteiger partial charge in [0.25, 0.3) is 0 Å². The minimum atomic E-state index is -0.776. The van der Waals surface area contributed by atoms with Gasteiger partial charge in [-0.05, 0) is 24.6 Å². The molecule has 0 spiro atoms. The molecule has 0 aromatic heterocycles. The van der Waals surface area contributed by atoms with Crippen LogP contribution in [0.2, 0.25) is 0 Å². The Balaban J connectivity index is 2.79. The van der Waals surface area contributed by atoms with Crippen LogP contribution in [0.15, 0.2) is 24.3 Å². The molecule has 1 unspecified atom stereocenters. The lowest BCUT2D eigenvalue weighted by Crippen LogP contribution is -2.52. The Kier molecular flexibility index (Phi) is 6.48. The molecule has 5 nitrogen and oxygen atoms in total. The van der Waals surface area contributed by atoms with Gasteiger partial charge in [0.05, 0.1) is 20.8 Å². The van der Waals surface area contributed by atoms with Crippen molar-refractivity contribution < 1.29 is 19.0 Å². The SMILES string of the molecule is COCCNC(C)(Cc1ccc(OC)cc1)C(=O)OC. The average Bonchev–Trinajstić information content (AvgIpc) is 2.47. The largest absolute Gasteiger partial charge is 0.497 e. The number of carbonyl (C=O) groups is 1. The summed E-state index contributed by atoms with van der Waals surface area (Å²) < 4.78 is 15.0. The summed E-state index contributed by atoms with van der Waals surface area (Å²) in [5.74, 6) is 0.505. The van der Waals surface area contributed by atoms with Crippen molar-refractivity contribution in [2.45, 2.75) is 18.9 Å². The highest BCUT2D eigenvalue weighted by atomic mass is 16.5. The van der Waals surface area contributed by atoms with Crippen molar-refractivity contribution in [3.63, 3.8) is 0 Å². The van der Waals surface area contributed by atoms with Gasteiger partial charge >= 0.3 is 5.97 Å². The summed E-state index contributed by atoms with van der Waals surface area (Å²) in [5.41, 5.74) is 0.255. The van der Waals surface area contributed by atoms with Crippen LogP contribution < -0.4 is 10.1 Å². The predicted octanol–water partition coefficient (Wildman–Crippen LogP) is 1.41. The van der Waals surface area contributed by atoms with Crippen molar-refractivity contribution in [3.05, 3.63) is 29.8 Å². The standard InChI is InChI=1S/C15H23NO4/c1-15(14(17)20-4,16-9-10-18-2)11-12-5-7-13(19-3)8-6-12/h5-8,16H,9-11H2,1-4H3. The third kappa shape index (κ3) is 4.51. The molecule has 0 aliphatic heterocycles. The van der Waals surface area contributed by atoms with E-state index in [9.17, 15) is 4.79 Å². The molecule has 1 rings (SSSR count). The molecule has 0 saturated heterocycles. The first kappa shape index (κ1) is 16.5. The fourth-order valence-corrected chi connectivity index (χ4v) is 2.01. The zero-order valence-electron chi connectivity index (χ0n) is 12.6. The van der Waals surface area contributed by atoms with Gasteiger partial charge in [0.1, 0.15) is 11.3 Å². The van der Waals surface area contributed by atoms with Crippen LogP contribution in [0.5, 0.6) is 5.75 Å². The first-order chi connectivity index (χ1) is 9.55. The second kappa shape index (κ2) is 7.87. The number of hydrogen-bond acceptors (Lipinski definition) is 5. The number of benzene rings is 1. The fraction of sp³-hybridized carbons (Fsp3) is 0.533. The summed E-state index contributed by atoms with van der Waals surface area (Å²) >= 11 is 0. The Hall–Kier alpha value is -1.59. The van der Waals surface area contributed by atoms with E-state index in [1.807, 2.05) is 31.2 Å². The zero-order valence-corrected chi connectivity index (χ0v) is 12.6. The maximum atomic E-state index is 12.0. The first-order valence-electron chi connectivity index (χ1n) is 6.51. The second-order valence-corrected chi connectivity index (χ2v) is 4.77. The highest BCUT2D eigenvalue weighted by Crippen LogP contribution is 2.18. The Morgan fingerprint density at radius 1 is 1.20 bits per heavy atom. The number of esters is 1. The van der Waals surface area contributed by atoms with Crippen LogP contribution in [0.3, 0.4) is 0 Å². The van der Waals surface area contributed by atoms with E-state index in [0.717, 1.165) is 11.3 Å². The molecule has 0 aliphatic carbocycles. The van der Waals surface area contributed by atoms with E-state index in [1.54, 1.807) is 14.2 Å². The summed E-state index contributed by atoms with van der Waals surface area (Å²) in [7, 11) is 4.65. The van der Waals surface area contributed by atoms with Crippen LogP contribution in [-0.4, -0.2) is 46.0 Å². The summed E-state index contributed by atoms with van der Waals surface area (Å²) in [6.45, 7) is 2.95. The Morgan fingerprint density at radius 2 is 1.85 bits per heavy atom. The number of ether oxygens (including phenoxy) is 3. The first-order valence-corrected chi connectivity index (χ1v) is 6.51. The van der Waals surface area contributed by atoms with E-state index in [1.165, 1.54) is 7.11 Å². The average molecular weight is 281 g/mol. The molecular formula is C15H23NO4. The third-order valence-corrected chi connectivity index (χ3v) is 3.17. The highest BCUT2D eigenvalue weighted by Gasteiger charge is 2.33. The minimum absolute atomic E-state index is 0.288.